The first-order chi connectivity index (χ1) is 11.7. The average molecular weight is 325 g/mol. The quantitative estimate of drug-likeness (QED) is 0.601. The highest BCUT2D eigenvalue weighted by Crippen LogP contribution is 2.35. The summed E-state index contributed by atoms with van der Waals surface area (Å²) >= 11 is 0. The number of hydrogen-bond donors (Lipinski definition) is 0. The molecule has 0 N–H and O–H groups in total. The summed E-state index contributed by atoms with van der Waals surface area (Å²) in [5.74, 6) is -0.432. The third-order valence-electron chi connectivity index (χ3n) is 4.74. The first-order valence-corrected chi connectivity index (χ1v) is 8.57. The van der Waals surface area contributed by atoms with Crippen LogP contribution >= 0.6 is 0 Å². The van der Waals surface area contributed by atoms with Crippen LogP contribution in [0.2, 0.25) is 0 Å². The van der Waals surface area contributed by atoms with Crippen LogP contribution in [-0.2, 0) is 22.5 Å². The van der Waals surface area contributed by atoms with Crippen LogP contribution in [0.4, 0.5) is 0 Å². The first kappa shape index (κ1) is 16.5. The van der Waals surface area contributed by atoms with E-state index >= 15 is 0 Å². The van der Waals surface area contributed by atoms with Crippen LogP contribution in [0.5, 0.6) is 0 Å². The molecule has 3 rings (SSSR count). The van der Waals surface area contributed by atoms with E-state index in [0.717, 1.165) is 36.2 Å². The highest BCUT2D eigenvalue weighted by Gasteiger charge is 2.34. The maximum atomic E-state index is 13.1. The molecule has 2 heterocycles. The Morgan fingerprint density at radius 1 is 1.25 bits per heavy atom. The summed E-state index contributed by atoms with van der Waals surface area (Å²) < 4.78 is 6.96. The number of esters is 1. The molecule has 0 spiro atoms. The molecule has 4 heteroatoms. The van der Waals surface area contributed by atoms with Gasteiger partial charge in [0.05, 0.1) is 18.7 Å². The van der Waals surface area contributed by atoms with Gasteiger partial charge in [-0.15, -0.1) is 0 Å². The Labute approximate surface area is 142 Å². The van der Waals surface area contributed by atoms with Crippen molar-refractivity contribution in [1.29, 1.82) is 0 Å². The minimum atomic E-state index is -0.257. The molecule has 0 radical (unpaired) electrons. The summed E-state index contributed by atoms with van der Waals surface area (Å²) in [4.78, 5) is 25.1. The van der Waals surface area contributed by atoms with Crippen molar-refractivity contribution >= 4 is 11.8 Å². The van der Waals surface area contributed by atoms with E-state index in [9.17, 15) is 9.59 Å². The number of aryl methyl sites for hydroxylation is 1. The van der Waals surface area contributed by atoms with E-state index in [-0.39, 0.29) is 17.7 Å². The lowest BCUT2D eigenvalue weighted by atomic mass is 9.99. The van der Waals surface area contributed by atoms with Gasteiger partial charge in [-0.05, 0) is 30.9 Å². The molecule has 2 aromatic rings. The molecule has 0 amide bonds. The molecule has 0 saturated heterocycles. The second kappa shape index (κ2) is 7.04. The zero-order valence-corrected chi connectivity index (χ0v) is 14.2. The normalized spacial score (nSPS) is 16.0. The Morgan fingerprint density at radius 3 is 2.67 bits per heavy atom. The van der Waals surface area contributed by atoms with Crippen molar-refractivity contribution in [2.45, 2.75) is 45.1 Å². The molecule has 0 aliphatic carbocycles. The Hall–Kier alpha value is -2.36. The zero-order chi connectivity index (χ0) is 17.1. The van der Waals surface area contributed by atoms with E-state index < -0.39 is 0 Å². The summed E-state index contributed by atoms with van der Waals surface area (Å²) in [6.45, 7) is 2.83. The molecule has 4 nitrogen and oxygen atoms in total. The van der Waals surface area contributed by atoms with Gasteiger partial charge in [-0.2, -0.15) is 0 Å². The first-order valence-electron chi connectivity index (χ1n) is 8.57. The number of ketones is 1. The Bertz CT molecular complexity index is 746. The third kappa shape index (κ3) is 2.88. The molecule has 1 aliphatic rings. The number of carbonyl (C=O) groups excluding carboxylic acids is 2. The molecule has 0 fully saturated rings. The number of nitrogens with zero attached hydrogens (tertiary/aromatic N) is 1. The fraction of sp³-hybridized carbons (Fsp3) is 0.400. The van der Waals surface area contributed by atoms with Gasteiger partial charge in [-0.1, -0.05) is 43.7 Å². The van der Waals surface area contributed by atoms with E-state index in [1.165, 1.54) is 7.11 Å². The van der Waals surface area contributed by atoms with Crippen LogP contribution in [0.3, 0.4) is 0 Å². The molecule has 1 unspecified atom stereocenters. The highest BCUT2D eigenvalue weighted by molar-refractivity contribution is 6.09. The minimum Gasteiger partial charge on any atom is -0.469 e. The summed E-state index contributed by atoms with van der Waals surface area (Å²) in [7, 11) is 1.42. The summed E-state index contributed by atoms with van der Waals surface area (Å²) in [6.07, 6.45) is 3.66. The monoisotopic (exact) mass is 325 g/mol. The fourth-order valence-electron chi connectivity index (χ4n) is 3.50. The average Bonchev–Trinajstić information content (AvgIpc) is 3.18. The summed E-state index contributed by atoms with van der Waals surface area (Å²) in [6, 6.07) is 11.4. The van der Waals surface area contributed by atoms with E-state index in [0.29, 0.717) is 18.5 Å². The number of unbranched alkanes of at least 4 members (excludes halogenated alkanes) is 1. The standard InChI is InChI=1S/C20H23NO3/c1-3-4-8-15-13-17-16(20(23)24-2)11-12-21(17)18(15)19(22)14-9-6-5-7-10-14/h5-7,9-10,13,16H,3-4,8,11-12H2,1-2H3. The van der Waals surface area contributed by atoms with Crippen LogP contribution in [0.25, 0.3) is 0 Å². The predicted molar refractivity (Wildman–Crippen MR) is 92.3 cm³/mol. The van der Waals surface area contributed by atoms with Crippen LogP contribution in [-0.4, -0.2) is 23.4 Å². The van der Waals surface area contributed by atoms with Crippen LogP contribution in [0.15, 0.2) is 36.4 Å². The van der Waals surface area contributed by atoms with Crippen molar-refractivity contribution < 1.29 is 14.3 Å². The van der Waals surface area contributed by atoms with Crippen LogP contribution in [0.1, 0.15) is 59.4 Å². The fourth-order valence-corrected chi connectivity index (χ4v) is 3.50. The number of ether oxygens (including phenoxy) is 1. The topological polar surface area (TPSA) is 48.3 Å². The van der Waals surface area contributed by atoms with Crippen molar-refractivity contribution in [1.82, 2.24) is 4.57 Å². The van der Waals surface area contributed by atoms with Gasteiger partial charge in [0.15, 0.2) is 0 Å². The molecule has 0 bridgehead atoms. The number of carbonyl (C=O) groups is 2. The van der Waals surface area contributed by atoms with Gasteiger partial charge >= 0.3 is 5.97 Å². The lowest BCUT2D eigenvalue weighted by Crippen LogP contribution is -2.12. The lowest BCUT2D eigenvalue weighted by Gasteiger charge is -2.08. The second-order valence-corrected chi connectivity index (χ2v) is 6.26. The molecule has 1 aromatic heterocycles. The molecule has 0 saturated carbocycles. The number of fused-ring (bicyclic) bond motifs is 1. The summed E-state index contributed by atoms with van der Waals surface area (Å²) in [5, 5.41) is 0. The molecule has 126 valence electrons. The Kier molecular flexibility index (Phi) is 4.84. The van der Waals surface area contributed by atoms with Gasteiger partial charge in [0.25, 0.3) is 0 Å². The van der Waals surface area contributed by atoms with Gasteiger partial charge in [0.2, 0.25) is 5.78 Å². The molecule has 24 heavy (non-hydrogen) atoms. The van der Waals surface area contributed by atoms with Gasteiger partial charge in [-0.25, -0.2) is 0 Å². The molecular weight excluding hydrogens is 302 g/mol. The Balaban J connectivity index is 2.04. The van der Waals surface area contributed by atoms with Crippen LogP contribution in [0, 0.1) is 0 Å². The number of benzene rings is 1. The molecule has 1 aliphatic heterocycles. The van der Waals surface area contributed by atoms with Crippen molar-refractivity contribution in [2.75, 3.05) is 7.11 Å². The Morgan fingerprint density at radius 2 is 2.00 bits per heavy atom. The number of hydrogen-bond acceptors (Lipinski definition) is 3. The van der Waals surface area contributed by atoms with E-state index in [2.05, 4.69) is 6.92 Å². The molecule has 1 atom stereocenters. The third-order valence-corrected chi connectivity index (χ3v) is 4.74. The maximum absolute atomic E-state index is 13.1. The van der Waals surface area contributed by atoms with E-state index in [1.54, 1.807) is 0 Å². The smallest absolute Gasteiger partial charge is 0.314 e. The molecular formula is C20H23NO3. The minimum absolute atomic E-state index is 0.0402. The lowest BCUT2D eigenvalue weighted by molar-refractivity contribution is -0.142. The highest BCUT2D eigenvalue weighted by atomic mass is 16.5. The van der Waals surface area contributed by atoms with E-state index in [1.807, 2.05) is 41.0 Å². The maximum Gasteiger partial charge on any atom is 0.314 e. The SMILES string of the molecule is CCCCc1cc2n(c1C(=O)c1ccccc1)CCC2C(=O)OC. The van der Waals surface area contributed by atoms with Crippen LogP contribution < -0.4 is 0 Å². The van der Waals surface area contributed by atoms with Crippen molar-refractivity contribution in [3.63, 3.8) is 0 Å². The van der Waals surface area contributed by atoms with Gasteiger partial charge in [-0.3, -0.25) is 9.59 Å². The van der Waals surface area contributed by atoms with Gasteiger partial charge in [0.1, 0.15) is 0 Å². The van der Waals surface area contributed by atoms with Gasteiger partial charge < -0.3 is 9.30 Å². The van der Waals surface area contributed by atoms with E-state index in [4.69, 9.17) is 4.74 Å². The largest absolute Gasteiger partial charge is 0.469 e. The number of methoxy groups -OCH3 is 1. The predicted octanol–water partition coefficient (Wildman–Crippen LogP) is 3.72. The second-order valence-electron chi connectivity index (χ2n) is 6.26. The van der Waals surface area contributed by atoms with Crippen molar-refractivity contribution in [3.05, 3.63) is 58.9 Å². The summed E-state index contributed by atoms with van der Waals surface area (Å²) in [5.41, 5.74) is 3.41. The zero-order valence-electron chi connectivity index (χ0n) is 14.2. The van der Waals surface area contributed by atoms with Crippen molar-refractivity contribution in [3.8, 4) is 0 Å². The van der Waals surface area contributed by atoms with Gasteiger partial charge in [0, 0.05) is 17.8 Å². The molecule has 1 aromatic carbocycles. The van der Waals surface area contributed by atoms with Crippen molar-refractivity contribution in [2.24, 2.45) is 0 Å². The number of rotatable bonds is 6. The number of aromatic nitrogens is 1.